The van der Waals surface area contributed by atoms with Crippen LogP contribution >= 0.6 is 11.3 Å². The molecule has 0 unspecified atom stereocenters. The van der Waals surface area contributed by atoms with Gasteiger partial charge in [-0.05, 0) is 13.0 Å². The minimum Gasteiger partial charge on any atom is -0.378 e. The van der Waals surface area contributed by atoms with Gasteiger partial charge in [0.25, 0.3) is 5.56 Å². The molecular formula is C13H15N3O4S. The quantitative estimate of drug-likeness (QED) is 0.841. The lowest BCUT2D eigenvalue weighted by Crippen LogP contribution is -2.46. The Morgan fingerprint density at radius 2 is 2.10 bits per heavy atom. The molecule has 2 aromatic heterocycles. The van der Waals surface area contributed by atoms with E-state index in [-0.39, 0.29) is 12.5 Å². The second-order valence-electron chi connectivity index (χ2n) is 4.91. The van der Waals surface area contributed by atoms with E-state index in [2.05, 4.69) is 4.98 Å². The van der Waals surface area contributed by atoms with Crippen molar-refractivity contribution in [3.8, 4) is 0 Å². The summed E-state index contributed by atoms with van der Waals surface area (Å²) in [6, 6.07) is 1.73. The second kappa shape index (κ2) is 5.45. The molecule has 0 atom stereocenters. The molecule has 0 spiro atoms. The van der Waals surface area contributed by atoms with Crippen molar-refractivity contribution in [2.45, 2.75) is 13.5 Å². The summed E-state index contributed by atoms with van der Waals surface area (Å²) < 4.78 is 6.14. The molecule has 8 heteroatoms. The van der Waals surface area contributed by atoms with E-state index in [0.717, 1.165) is 9.44 Å². The largest absolute Gasteiger partial charge is 0.378 e. The number of H-pyrrole nitrogens is 1. The van der Waals surface area contributed by atoms with Crippen LogP contribution in [-0.2, 0) is 16.1 Å². The van der Waals surface area contributed by atoms with Crippen LogP contribution < -0.4 is 11.2 Å². The van der Waals surface area contributed by atoms with Gasteiger partial charge in [-0.15, -0.1) is 11.3 Å². The average Bonchev–Trinajstić information content (AvgIpc) is 2.85. The Morgan fingerprint density at radius 1 is 1.38 bits per heavy atom. The molecule has 0 aliphatic carbocycles. The summed E-state index contributed by atoms with van der Waals surface area (Å²) in [5, 5.41) is 0.451. The molecule has 1 saturated heterocycles. The number of thiophene rings is 1. The summed E-state index contributed by atoms with van der Waals surface area (Å²) in [5.41, 5.74) is -0.962. The maximum Gasteiger partial charge on any atom is 0.329 e. The minimum atomic E-state index is -0.545. The first-order valence-electron chi connectivity index (χ1n) is 6.65. The number of carbonyl (C=O) groups excluding carboxylic acids is 1. The summed E-state index contributed by atoms with van der Waals surface area (Å²) >= 11 is 1.36. The van der Waals surface area contributed by atoms with Crippen LogP contribution in [-0.4, -0.2) is 46.7 Å². The monoisotopic (exact) mass is 309 g/mol. The first kappa shape index (κ1) is 14.0. The summed E-state index contributed by atoms with van der Waals surface area (Å²) in [5.74, 6) is -0.239. The second-order valence-corrected chi connectivity index (χ2v) is 6.17. The third-order valence-corrected chi connectivity index (χ3v) is 4.42. The zero-order chi connectivity index (χ0) is 15.0. The Hall–Kier alpha value is -1.93. The average molecular weight is 309 g/mol. The van der Waals surface area contributed by atoms with E-state index in [4.69, 9.17) is 4.74 Å². The van der Waals surface area contributed by atoms with E-state index in [1.54, 1.807) is 11.0 Å². The zero-order valence-electron chi connectivity index (χ0n) is 11.5. The summed E-state index contributed by atoms with van der Waals surface area (Å²) in [4.78, 5) is 42.3. The SMILES string of the molecule is Cc1cc2c(=O)n(CC(=O)N3CCOCC3)c(=O)[nH]c2s1. The van der Waals surface area contributed by atoms with Crippen molar-refractivity contribution in [3.63, 3.8) is 0 Å². The van der Waals surface area contributed by atoms with E-state index in [1.165, 1.54) is 11.3 Å². The number of aryl methyl sites for hydroxylation is 1. The van der Waals surface area contributed by atoms with Gasteiger partial charge in [0.15, 0.2) is 0 Å². The molecule has 3 rings (SSSR count). The minimum absolute atomic E-state index is 0.237. The number of nitrogens with zero attached hydrogens (tertiary/aromatic N) is 2. The molecule has 0 saturated carbocycles. The highest BCUT2D eigenvalue weighted by molar-refractivity contribution is 7.18. The van der Waals surface area contributed by atoms with E-state index in [9.17, 15) is 14.4 Å². The molecule has 1 aliphatic rings. The summed E-state index contributed by atoms with van der Waals surface area (Å²) in [6.45, 7) is 3.58. The van der Waals surface area contributed by atoms with Gasteiger partial charge in [0.05, 0.1) is 18.6 Å². The van der Waals surface area contributed by atoms with E-state index >= 15 is 0 Å². The van der Waals surface area contributed by atoms with Crippen LogP contribution in [0.15, 0.2) is 15.7 Å². The van der Waals surface area contributed by atoms with Crippen LogP contribution in [0.1, 0.15) is 4.88 Å². The van der Waals surface area contributed by atoms with Gasteiger partial charge in [0, 0.05) is 18.0 Å². The lowest BCUT2D eigenvalue weighted by molar-refractivity contribution is -0.136. The highest BCUT2D eigenvalue weighted by Gasteiger charge is 2.19. The fourth-order valence-electron chi connectivity index (χ4n) is 2.36. The van der Waals surface area contributed by atoms with Crippen LogP contribution in [0, 0.1) is 6.92 Å². The van der Waals surface area contributed by atoms with Crippen molar-refractivity contribution in [3.05, 3.63) is 31.8 Å². The van der Waals surface area contributed by atoms with Crippen molar-refractivity contribution < 1.29 is 9.53 Å². The van der Waals surface area contributed by atoms with Crippen molar-refractivity contribution in [1.29, 1.82) is 0 Å². The van der Waals surface area contributed by atoms with Crippen molar-refractivity contribution in [1.82, 2.24) is 14.5 Å². The third kappa shape index (κ3) is 2.64. The fourth-order valence-corrected chi connectivity index (χ4v) is 3.25. The van der Waals surface area contributed by atoms with Gasteiger partial charge in [-0.2, -0.15) is 0 Å². The van der Waals surface area contributed by atoms with Gasteiger partial charge in [-0.1, -0.05) is 0 Å². The summed E-state index contributed by atoms with van der Waals surface area (Å²) in [6.07, 6.45) is 0. The molecule has 3 heterocycles. The number of aromatic nitrogens is 2. The Bertz CT molecular complexity index is 798. The number of carbonyl (C=O) groups is 1. The normalized spacial score (nSPS) is 15.6. The highest BCUT2D eigenvalue weighted by atomic mass is 32.1. The smallest absolute Gasteiger partial charge is 0.329 e. The standard InChI is InChI=1S/C13H15N3O4S/c1-8-6-9-11(21-8)14-13(19)16(12(9)18)7-10(17)15-2-4-20-5-3-15/h6H,2-5,7H2,1H3,(H,14,19). The van der Waals surface area contributed by atoms with Crippen LogP contribution in [0.2, 0.25) is 0 Å². The van der Waals surface area contributed by atoms with Gasteiger partial charge in [-0.3, -0.25) is 19.1 Å². The van der Waals surface area contributed by atoms with Crippen molar-refractivity contribution >= 4 is 27.5 Å². The van der Waals surface area contributed by atoms with E-state index in [1.807, 2.05) is 6.92 Å². The van der Waals surface area contributed by atoms with Gasteiger partial charge in [-0.25, -0.2) is 4.79 Å². The number of hydrogen-bond acceptors (Lipinski definition) is 5. The van der Waals surface area contributed by atoms with Gasteiger partial charge >= 0.3 is 5.69 Å². The Labute approximate surface area is 123 Å². The number of rotatable bonds is 2. The van der Waals surface area contributed by atoms with Gasteiger partial charge in [0.1, 0.15) is 11.4 Å². The van der Waals surface area contributed by atoms with Crippen LogP contribution in [0.5, 0.6) is 0 Å². The number of nitrogens with one attached hydrogen (secondary N) is 1. The first-order valence-corrected chi connectivity index (χ1v) is 7.46. The maximum atomic E-state index is 12.3. The highest BCUT2D eigenvalue weighted by Crippen LogP contribution is 2.18. The molecule has 1 amide bonds. The Balaban J connectivity index is 1.94. The molecular weight excluding hydrogens is 294 g/mol. The molecule has 7 nitrogen and oxygen atoms in total. The molecule has 21 heavy (non-hydrogen) atoms. The topological polar surface area (TPSA) is 84.4 Å². The Morgan fingerprint density at radius 3 is 2.81 bits per heavy atom. The molecule has 112 valence electrons. The predicted molar refractivity (Wildman–Crippen MR) is 78.8 cm³/mol. The molecule has 1 N–H and O–H groups in total. The number of fused-ring (bicyclic) bond motifs is 1. The van der Waals surface area contributed by atoms with Crippen LogP contribution in [0.4, 0.5) is 0 Å². The maximum absolute atomic E-state index is 12.3. The fraction of sp³-hybridized carbons (Fsp3) is 0.462. The van der Waals surface area contributed by atoms with Gasteiger partial charge in [0.2, 0.25) is 5.91 Å². The Kier molecular flexibility index (Phi) is 3.64. The molecule has 0 radical (unpaired) electrons. The molecule has 0 aromatic carbocycles. The lowest BCUT2D eigenvalue weighted by atomic mass is 10.3. The summed E-state index contributed by atoms with van der Waals surface area (Å²) in [7, 11) is 0. The van der Waals surface area contributed by atoms with Crippen LogP contribution in [0.25, 0.3) is 10.2 Å². The van der Waals surface area contributed by atoms with Crippen molar-refractivity contribution in [2.75, 3.05) is 26.3 Å². The number of hydrogen-bond donors (Lipinski definition) is 1. The van der Waals surface area contributed by atoms with E-state index in [0.29, 0.717) is 36.5 Å². The first-order chi connectivity index (χ1) is 10.1. The molecule has 0 bridgehead atoms. The van der Waals surface area contributed by atoms with Crippen molar-refractivity contribution in [2.24, 2.45) is 0 Å². The van der Waals surface area contributed by atoms with E-state index < -0.39 is 11.2 Å². The number of amides is 1. The molecule has 1 fully saturated rings. The lowest BCUT2D eigenvalue weighted by Gasteiger charge is -2.26. The zero-order valence-corrected chi connectivity index (χ0v) is 12.4. The molecule has 1 aliphatic heterocycles. The molecule has 2 aromatic rings. The number of morpholine rings is 1. The predicted octanol–water partition coefficient (Wildman–Crippen LogP) is -0.0815. The van der Waals surface area contributed by atoms with Crippen LogP contribution in [0.3, 0.4) is 0 Å². The number of ether oxygens (including phenoxy) is 1. The van der Waals surface area contributed by atoms with Gasteiger partial charge < -0.3 is 9.64 Å². The third-order valence-electron chi connectivity index (χ3n) is 3.45. The number of aromatic amines is 1.